The molecule has 1 fully saturated rings. The topological polar surface area (TPSA) is 67.4 Å². The van der Waals surface area contributed by atoms with E-state index in [0.29, 0.717) is 6.54 Å². The predicted molar refractivity (Wildman–Crippen MR) is 113 cm³/mol. The van der Waals surface area contributed by atoms with Crippen LogP contribution in [0.3, 0.4) is 0 Å². The number of hydrogen-bond donors (Lipinski definition) is 1. The van der Waals surface area contributed by atoms with Crippen molar-refractivity contribution in [2.45, 2.75) is 65.6 Å². The quantitative estimate of drug-likeness (QED) is 0.813. The van der Waals surface area contributed by atoms with Crippen LogP contribution in [0.5, 0.6) is 0 Å². The van der Waals surface area contributed by atoms with Crippen molar-refractivity contribution in [2.75, 3.05) is 13.1 Å². The lowest BCUT2D eigenvalue weighted by Gasteiger charge is -2.24. The van der Waals surface area contributed by atoms with Crippen LogP contribution in [0.25, 0.3) is 10.6 Å². The van der Waals surface area contributed by atoms with Gasteiger partial charge in [-0.15, -0.1) is 11.3 Å². The summed E-state index contributed by atoms with van der Waals surface area (Å²) in [7, 11) is 0. The minimum atomic E-state index is -0.455. The number of ether oxygens (including phenoxy) is 1. The monoisotopic (exact) mass is 402 g/mol. The first-order valence-electron chi connectivity index (χ1n) is 9.88. The molecule has 0 radical (unpaired) electrons. The van der Waals surface area contributed by atoms with Gasteiger partial charge in [0.25, 0.3) is 0 Å². The van der Waals surface area contributed by atoms with Gasteiger partial charge in [0.2, 0.25) is 0 Å². The molecule has 0 aliphatic carbocycles. The van der Waals surface area contributed by atoms with Gasteiger partial charge in [0.1, 0.15) is 10.6 Å². The molecule has 1 N–H and O–H groups in total. The molecule has 3 rings (SSSR count). The molecule has 0 bridgehead atoms. The van der Waals surface area contributed by atoms with E-state index in [1.165, 1.54) is 4.88 Å². The Morgan fingerprint density at radius 3 is 2.93 bits per heavy atom. The lowest BCUT2D eigenvalue weighted by atomic mass is 10.2. The van der Waals surface area contributed by atoms with Crippen LogP contribution in [0, 0.1) is 6.92 Å². The number of hydrogen-bond acceptors (Lipinski definition) is 6. The van der Waals surface area contributed by atoms with Crippen molar-refractivity contribution in [1.82, 2.24) is 20.2 Å². The van der Waals surface area contributed by atoms with Crippen molar-refractivity contribution in [3.63, 3.8) is 0 Å². The van der Waals surface area contributed by atoms with Crippen molar-refractivity contribution < 1.29 is 9.53 Å². The summed E-state index contributed by atoms with van der Waals surface area (Å²) in [5.41, 5.74) is 2.81. The van der Waals surface area contributed by atoms with E-state index in [2.05, 4.69) is 30.2 Å². The molecular formula is C21H30N4O2S. The van der Waals surface area contributed by atoms with E-state index < -0.39 is 5.60 Å². The summed E-state index contributed by atoms with van der Waals surface area (Å²) < 4.78 is 5.47. The highest BCUT2D eigenvalue weighted by atomic mass is 32.1. The first-order chi connectivity index (χ1) is 13.2. The summed E-state index contributed by atoms with van der Waals surface area (Å²) in [5, 5.41) is 4.62. The first kappa shape index (κ1) is 20.7. The Morgan fingerprint density at radius 2 is 2.21 bits per heavy atom. The lowest BCUT2D eigenvalue weighted by Crippen LogP contribution is -2.38. The minimum Gasteiger partial charge on any atom is -0.444 e. The highest BCUT2D eigenvalue weighted by Gasteiger charge is 2.29. The van der Waals surface area contributed by atoms with E-state index in [0.717, 1.165) is 47.9 Å². The van der Waals surface area contributed by atoms with E-state index >= 15 is 0 Å². The van der Waals surface area contributed by atoms with Gasteiger partial charge < -0.3 is 15.0 Å². The van der Waals surface area contributed by atoms with E-state index in [4.69, 9.17) is 9.72 Å². The van der Waals surface area contributed by atoms with E-state index in [9.17, 15) is 4.79 Å². The molecule has 0 spiro atoms. The number of carbonyl (C=O) groups excluding carboxylic acids is 1. The van der Waals surface area contributed by atoms with E-state index in [1.807, 2.05) is 33.0 Å². The Bertz CT molecular complexity index is 828. The van der Waals surface area contributed by atoms with Crippen LogP contribution in [-0.4, -0.2) is 45.7 Å². The molecule has 7 heteroatoms. The molecule has 0 aromatic carbocycles. The number of aromatic nitrogens is 2. The van der Waals surface area contributed by atoms with Gasteiger partial charge in [-0.25, -0.2) is 9.78 Å². The normalized spacial score (nSPS) is 17.2. The van der Waals surface area contributed by atoms with E-state index in [-0.39, 0.29) is 12.1 Å². The molecule has 1 saturated heterocycles. The van der Waals surface area contributed by atoms with Gasteiger partial charge in [0.05, 0.1) is 5.69 Å². The number of rotatable bonds is 5. The molecule has 2 aromatic heterocycles. The zero-order valence-corrected chi connectivity index (χ0v) is 18.2. The third-order valence-corrected chi connectivity index (χ3v) is 5.92. The molecule has 1 aliphatic heterocycles. The standard InChI is InChI=1S/C21H30N4O2S/c1-6-16-11-15(7-9-22-16)19-24-14(2)18(28-19)12-23-17-8-10-25(13-17)20(26)27-21(3,4)5/h7,9,11,17,23H,6,8,10,12-13H2,1-5H3/t17-/m1/s1. The van der Waals surface area contributed by atoms with Crippen molar-refractivity contribution in [1.29, 1.82) is 0 Å². The number of nitrogens with one attached hydrogen (secondary N) is 1. The second-order valence-electron chi connectivity index (χ2n) is 8.21. The fourth-order valence-electron chi connectivity index (χ4n) is 3.18. The third-order valence-electron chi connectivity index (χ3n) is 4.71. The molecular weight excluding hydrogens is 372 g/mol. The Morgan fingerprint density at radius 1 is 1.43 bits per heavy atom. The Kier molecular flexibility index (Phi) is 6.35. The highest BCUT2D eigenvalue weighted by molar-refractivity contribution is 7.15. The minimum absolute atomic E-state index is 0.225. The second kappa shape index (κ2) is 8.57. The maximum atomic E-state index is 12.2. The molecule has 2 aromatic rings. The number of aryl methyl sites for hydroxylation is 2. The Balaban J connectivity index is 1.57. The van der Waals surface area contributed by atoms with Crippen LogP contribution in [0.2, 0.25) is 0 Å². The van der Waals surface area contributed by atoms with Gasteiger partial charge in [-0.3, -0.25) is 4.98 Å². The molecule has 1 aliphatic rings. The third kappa shape index (κ3) is 5.29. The molecule has 152 valence electrons. The van der Waals surface area contributed by atoms with E-state index in [1.54, 1.807) is 16.2 Å². The smallest absolute Gasteiger partial charge is 0.410 e. The fraction of sp³-hybridized carbons (Fsp3) is 0.571. The van der Waals surface area contributed by atoms with Gasteiger partial charge in [0.15, 0.2) is 0 Å². The summed E-state index contributed by atoms with van der Waals surface area (Å²) in [6.07, 6.45) is 3.49. The summed E-state index contributed by atoms with van der Waals surface area (Å²) in [6, 6.07) is 4.42. The van der Waals surface area contributed by atoms with Crippen LogP contribution in [-0.2, 0) is 17.7 Å². The number of carbonyl (C=O) groups is 1. The number of amides is 1. The van der Waals surface area contributed by atoms with Crippen LogP contribution < -0.4 is 5.32 Å². The number of likely N-dealkylation sites (tertiary alicyclic amines) is 1. The van der Waals surface area contributed by atoms with Gasteiger partial charge >= 0.3 is 6.09 Å². The first-order valence-corrected chi connectivity index (χ1v) is 10.7. The number of nitrogens with zero attached hydrogens (tertiary/aromatic N) is 3. The predicted octanol–water partition coefficient (Wildman–Crippen LogP) is 4.17. The van der Waals surface area contributed by atoms with Crippen molar-refractivity contribution in [3.8, 4) is 10.6 Å². The van der Waals surface area contributed by atoms with Gasteiger partial charge in [0, 0.05) is 48.0 Å². The summed E-state index contributed by atoms with van der Waals surface area (Å²) in [5.74, 6) is 0. The molecule has 0 saturated carbocycles. The summed E-state index contributed by atoms with van der Waals surface area (Å²) >= 11 is 1.72. The summed E-state index contributed by atoms with van der Waals surface area (Å²) in [6.45, 7) is 12.0. The molecule has 1 amide bonds. The molecule has 1 atom stereocenters. The van der Waals surface area contributed by atoms with Crippen LogP contribution in [0.1, 0.15) is 50.4 Å². The zero-order valence-electron chi connectivity index (χ0n) is 17.4. The van der Waals surface area contributed by atoms with Crippen molar-refractivity contribution >= 4 is 17.4 Å². The average molecular weight is 403 g/mol. The molecule has 0 unspecified atom stereocenters. The Hall–Kier alpha value is -1.99. The maximum absolute atomic E-state index is 12.2. The Labute approximate surface area is 171 Å². The molecule has 28 heavy (non-hydrogen) atoms. The van der Waals surface area contributed by atoms with Gasteiger partial charge in [-0.2, -0.15) is 0 Å². The SMILES string of the molecule is CCc1cc(-c2nc(C)c(CN[C@@H]3CCN(C(=O)OC(C)(C)C)C3)s2)ccn1. The van der Waals surface area contributed by atoms with Crippen LogP contribution >= 0.6 is 11.3 Å². The second-order valence-corrected chi connectivity index (χ2v) is 9.29. The number of pyridine rings is 1. The lowest BCUT2D eigenvalue weighted by molar-refractivity contribution is 0.0291. The molecule has 3 heterocycles. The van der Waals surface area contributed by atoms with Crippen LogP contribution in [0.4, 0.5) is 4.79 Å². The van der Waals surface area contributed by atoms with Crippen molar-refractivity contribution in [3.05, 3.63) is 34.6 Å². The van der Waals surface area contributed by atoms with Crippen molar-refractivity contribution in [2.24, 2.45) is 0 Å². The number of thiazole rings is 1. The highest BCUT2D eigenvalue weighted by Crippen LogP contribution is 2.28. The molecule has 6 nitrogen and oxygen atoms in total. The van der Waals surface area contributed by atoms with Gasteiger partial charge in [-0.1, -0.05) is 6.92 Å². The zero-order chi connectivity index (χ0) is 20.3. The summed E-state index contributed by atoms with van der Waals surface area (Å²) in [4.78, 5) is 24.4. The fourth-order valence-corrected chi connectivity index (χ4v) is 4.19. The van der Waals surface area contributed by atoms with Crippen LogP contribution in [0.15, 0.2) is 18.3 Å². The maximum Gasteiger partial charge on any atom is 0.410 e. The average Bonchev–Trinajstić information content (AvgIpc) is 3.25. The van der Waals surface area contributed by atoms with Gasteiger partial charge in [-0.05, 0) is 52.7 Å². The largest absolute Gasteiger partial charge is 0.444 e.